The molecule has 2 rings (SSSR count). The molecule has 1 saturated carbocycles. The molecule has 1 fully saturated rings. The molecule has 0 radical (unpaired) electrons. The molecule has 4 nitrogen and oxygen atoms in total. The van der Waals surface area contributed by atoms with E-state index in [-0.39, 0.29) is 12.3 Å². The first-order chi connectivity index (χ1) is 9.15. The summed E-state index contributed by atoms with van der Waals surface area (Å²) in [7, 11) is 0. The highest BCUT2D eigenvalue weighted by Crippen LogP contribution is 2.31. The van der Waals surface area contributed by atoms with Crippen molar-refractivity contribution in [2.24, 2.45) is 11.7 Å². The molecular formula is C15H22N2O2. The molecule has 1 aliphatic rings. The van der Waals surface area contributed by atoms with Crippen molar-refractivity contribution in [1.82, 2.24) is 0 Å². The van der Waals surface area contributed by atoms with Gasteiger partial charge in [0.25, 0.3) is 0 Å². The predicted octanol–water partition coefficient (Wildman–Crippen LogP) is 2.54. The van der Waals surface area contributed by atoms with Crippen LogP contribution < -0.4 is 15.8 Å². The zero-order valence-corrected chi connectivity index (χ0v) is 11.4. The summed E-state index contributed by atoms with van der Waals surface area (Å²) < 4.78 is 5.62. The Bertz CT molecular complexity index is 434. The van der Waals surface area contributed by atoms with Gasteiger partial charge in [-0.15, -0.1) is 0 Å². The minimum atomic E-state index is -0.338. The van der Waals surface area contributed by atoms with Crippen molar-refractivity contribution < 1.29 is 9.53 Å². The van der Waals surface area contributed by atoms with E-state index in [0.717, 1.165) is 17.4 Å². The molecule has 3 N–H and O–H groups in total. The van der Waals surface area contributed by atoms with Gasteiger partial charge in [-0.2, -0.15) is 0 Å². The van der Waals surface area contributed by atoms with E-state index in [1.807, 2.05) is 24.3 Å². The number of para-hydroxylation sites is 2. The second-order valence-electron chi connectivity index (χ2n) is 5.32. The summed E-state index contributed by atoms with van der Waals surface area (Å²) in [6, 6.07) is 8.38. The molecule has 1 aromatic carbocycles. The Morgan fingerprint density at radius 2 is 2.21 bits per heavy atom. The van der Waals surface area contributed by atoms with Gasteiger partial charge in [0.05, 0.1) is 18.7 Å². The molecule has 4 heteroatoms. The molecule has 2 unspecified atom stereocenters. The van der Waals surface area contributed by atoms with Gasteiger partial charge in [-0.05, 0) is 37.3 Å². The number of nitrogens with two attached hydrogens (primary N) is 1. The Labute approximate surface area is 114 Å². The molecule has 0 spiro atoms. The van der Waals surface area contributed by atoms with Crippen molar-refractivity contribution in [3.05, 3.63) is 24.3 Å². The second kappa shape index (κ2) is 6.45. The topological polar surface area (TPSA) is 64.3 Å². The molecular weight excluding hydrogens is 240 g/mol. The molecule has 1 aliphatic carbocycles. The van der Waals surface area contributed by atoms with Crippen LogP contribution >= 0.6 is 0 Å². The molecule has 0 saturated heterocycles. The summed E-state index contributed by atoms with van der Waals surface area (Å²) in [6.07, 6.45) is 3.93. The highest BCUT2D eigenvalue weighted by atomic mass is 16.5. The smallest absolute Gasteiger partial charge is 0.220 e. The lowest BCUT2D eigenvalue weighted by molar-refractivity contribution is -0.118. The van der Waals surface area contributed by atoms with Crippen LogP contribution in [-0.2, 0) is 4.79 Å². The molecule has 0 heterocycles. The van der Waals surface area contributed by atoms with Gasteiger partial charge < -0.3 is 15.8 Å². The van der Waals surface area contributed by atoms with Crippen LogP contribution in [0.4, 0.5) is 5.69 Å². The van der Waals surface area contributed by atoms with E-state index in [1.54, 1.807) is 0 Å². The number of hydrogen-bond donors (Lipinski definition) is 2. The minimum Gasteiger partial charge on any atom is -0.491 e. The van der Waals surface area contributed by atoms with E-state index >= 15 is 0 Å². The number of nitrogens with one attached hydrogen (secondary N) is 1. The van der Waals surface area contributed by atoms with Gasteiger partial charge in [-0.3, -0.25) is 4.79 Å². The first kappa shape index (κ1) is 13.7. The molecule has 0 bridgehead atoms. The van der Waals surface area contributed by atoms with Crippen LogP contribution in [0.3, 0.4) is 0 Å². The summed E-state index contributed by atoms with van der Waals surface area (Å²) in [6.45, 7) is 2.62. The molecule has 2 atom stereocenters. The predicted molar refractivity (Wildman–Crippen MR) is 76.2 cm³/mol. The van der Waals surface area contributed by atoms with E-state index < -0.39 is 0 Å². The van der Waals surface area contributed by atoms with Crippen molar-refractivity contribution in [1.29, 1.82) is 0 Å². The fourth-order valence-corrected chi connectivity index (χ4v) is 2.53. The summed E-state index contributed by atoms with van der Waals surface area (Å²) >= 11 is 0. The van der Waals surface area contributed by atoms with Crippen molar-refractivity contribution in [2.45, 2.75) is 38.6 Å². The number of carbonyl (C=O) groups excluding carboxylic acids is 1. The SMILES string of the molecule is CC1CCC(Nc2ccccc2OCCC(N)=O)C1. The highest BCUT2D eigenvalue weighted by Gasteiger charge is 2.21. The third-order valence-corrected chi connectivity index (χ3v) is 3.55. The summed E-state index contributed by atoms with van der Waals surface area (Å²) in [5.74, 6) is 1.25. The Morgan fingerprint density at radius 3 is 2.89 bits per heavy atom. The first-order valence-electron chi connectivity index (χ1n) is 6.92. The summed E-state index contributed by atoms with van der Waals surface area (Å²) in [4.78, 5) is 10.7. The average molecular weight is 262 g/mol. The van der Waals surface area contributed by atoms with E-state index in [4.69, 9.17) is 10.5 Å². The van der Waals surface area contributed by atoms with Crippen LogP contribution in [0.25, 0.3) is 0 Å². The largest absolute Gasteiger partial charge is 0.491 e. The van der Waals surface area contributed by atoms with Crippen LogP contribution in [0.5, 0.6) is 5.75 Å². The van der Waals surface area contributed by atoms with Crippen LogP contribution in [-0.4, -0.2) is 18.6 Å². The van der Waals surface area contributed by atoms with Gasteiger partial charge in [0.2, 0.25) is 5.91 Å². The monoisotopic (exact) mass is 262 g/mol. The zero-order valence-electron chi connectivity index (χ0n) is 11.4. The lowest BCUT2D eigenvalue weighted by atomic mass is 10.1. The number of amides is 1. The normalized spacial score (nSPS) is 22.2. The molecule has 104 valence electrons. The molecule has 19 heavy (non-hydrogen) atoms. The lowest BCUT2D eigenvalue weighted by Crippen LogP contribution is -2.17. The number of anilines is 1. The number of rotatable bonds is 6. The average Bonchev–Trinajstić information content (AvgIpc) is 2.77. The van der Waals surface area contributed by atoms with Crippen molar-refractivity contribution >= 4 is 11.6 Å². The standard InChI is InChI=1S/C15H22N2O2/c1-11-6-7-12(10-11)17-13-4-2-3-5-14(13)19-9-8-15(16)18/h2-5,11-12,17H,6-10H2,1H3,(H2,16,18). The van der Waals surface area contributed by atoms with Crippen molar-refractivity contribution in [3.63, 3.8) is 0 Å². The van der Waals surface area contributed by atoms with E-state index in [1.165, 1.54) is 19.3 Å². The third kappa shape index (κ3) is 4.16. The fraction of sp³-hybridized carbons (Fsp3) is 0.533. The number of carbonyl (C=O) groups is 1. The Hall–Kier alpha value is -1.71. The Kier molecular flexibility index (Phi) is 4.66. The van der Waals surface area contributed by atoms with Gasteiger partial charge in [-0.1, -0.05) is 19.1 Å². The van der Waals surface area contributed by atoms with Crippen LogP contribution in [0, 0.1) is 5.92 Å². The maximum Gasteiger partial charge on any atom is 0.220 e. The van der Waals surface area contributed by atoms with Gasteiger partial charge in [0.1, 0.15) is 5.75 Å². The molecule has 0 aromatic heterocycles. The summed E-state index contributed by atoms with van der Waals surface area (Å²) in [5, 5.41) is 3.54. The maximum absolute atomic E-state index is 10.7. The molecule has 1 aromatic rings. The zero-order chi connectivity index (χ0) is 13.7. The first-order valence-corrected chi connectivity index (χ1v) is 6.92. The second-order valence-corrected chi connectivity index (χ2v) is 5.32. The van der Waals surface area contributed by atoms with Crippen molar-refractivity contribution in [2.75, 3.05) is 11.9 Å². The van der Waals surface area contributed by atoms with E-state index in [2.05, 4.69) is 12.2 Å². The van der Waals surface area contributed by atoms with Crippen LogP contribution in [0.2, 0.25) is 0 Å². The number of hydrogen-bond acceptors (Lipinski definition) is 3. The van der Waals surface area contributed by atoms with Gasteiger partial charge in [-0.25, -0.2) is 0 Å². The summed E-state index contributed by atoms with van der Waals surface area (Å²) in [5.41, 5.74) is 6.11. The minimum absolute atomic E-state index is 0.245. The van der Waals surface area contributed by atoms with Crippen molar-refractivity contribution in [3.8, 4) is 5.75 Å². The van der Waals surface area contributed by atoms with E-state index in [0.29, 0.717) is 12.6 Å². The van der Waals surface area contributed by atoms with Gasteiger partial charge in [0, 0.05) is 6.04 Å². The van der Waals surface area contributed by atoms with Crippen LogP contribution in [0.1, 0.15) is 32.6 Å². The molecule has 1 amide bonds. The lowest BCUT2D eigenvalue weighted by Gasteiger charge is -2.17. The fourth-order valence-electron chi connectivity index (χ4n) is 2.53. The third-order valence-electron chi connectivity index (χ3n) is 3.55. The quantitative estimate of drug-likeness (QED) is 0.828. The number of primary amides is 1. The van der Waals surface area contributed by atoms with Gasteiger partial charge in [0.15, 0.2) is 0 Å². The molecule has 0 aliphatic heterocycles. The van der Waals surface area contributed by atoms with E-state index in [9.17, 15) is 4.79 Å². The maximum atomic E-state index is 10.7. The Morgan fingerprint density at radius 1 is 1.42 bits per heavy atom. The van der Waals surface area contributed by atoms with Gasteiger partial charge >= 0.3 is 0 Å². The Balaban J connectivity index is 1.93. The van der Waals surface area contributed by atoms with Crippen LogP contribution in [0.15, 0.2) is 24.3 Å². The number of ether oxygens (including phenoxy) is 1. The highest BCUT2D eigenvalue weighted by molar-refractivity contribution is 5.73. The number of benzene rings is 1.